The molecule has 0 aliphatic carbocycles. The number of hydrogen-bond donors (Lipinski definition) is 2. The fourth-order valence-corrected chi connectivity index (χ4v) is 3.26. The SMILES string of the molecule is CCn1ccnc(NC[C@@H]2CCn3ncc(C(=O)NC(C)C)c3C2)c1=O. The number of nitrogens with zero attached hydrogens (tertiary/aromatic N) is 4. The van der Waals surface area contributed by atoms with Crippen LogP contribution < -0.4 is 16.2 Å². The molecule has 0 fully saturated rings. The third-order valence-corrected chi connectivity index (χ3v) is 4.66. The fraction of sp³-hybridized carbons (Fsp3) is 0.556. The first-order valence-electron chi connectivity index (χ1n) is 9.14. The summed E-state index contributed by atoms with van der Waals surface area (Å²) in [5.41, 5.74) is 1.51. The molecule has 0 radical (unpaired) electrons. The van der Waals surface area contributed by atoms with E-state index in [0.29, 0.717) is 30.4 Å². The Morgan fingerprint density at radius 3 is 2.96 bits per heavy atom. The first-order valence-corrected chi connectivity index (χ1v) is 9.14. The van der Waals surface area contributed by atoms with Gasteiger partial charge in [0.25, 0.3) is 11.5 Å². The lowest BCUT2D eigenvalue weighted by Crippen LogP contribution is -2.33. The van der Waals surface area contributed by atoms with Gasteiger partial charge in [0.15, 0.2) is 5.82 Å². The van der Waals surface area contributed by atoms with Crippen molar-refractivity contribution in [1.82, 2.24) is 24.6 Å². The van der Waals surface area contributed by atoms with E-state index in [1.165, 1.54) is 0 Å². The number of nitrogens with one attached hydrogen (secondary N) is 2. The van der Waals surface area contributed by atoms with Gasteiger partial charge in [0.1, 0.15) is 0 Å². The standard InChI is InChI=1S/C18H26N6O2/c1-4-23-8-6-19-16(18(23)26)20-10-13-5-7-24-15(9-13)14(11-21-24)17(25)22-12(2)3/h6,8,11-13H,4-5,7,9-10H2,1-3H3,(H,19,20)(H,22,25)/t13-/m1/s1. The number of carbonyl (C=O) groups is 1. The molecule has 2 aromatic rings. The summed E-state index contributed by atoms with van der Waals surface area (Å²) in [5, 5.41) is 10.5. The summed E-state index contributed by atoms with van der Waals surface area (Å²) in [6, 6.07) is 0.0870. The third-order valence-electron chi connectivity index (χ3n) is 4.66. The molecule has 0 bridgehead atoms. The van der Waals surface area contributed by atoms with Gasteiger partial charge in [0.05, 0.1) is 17.5 Å². The van der Waals surface area contributed by atoms with E-state index in [1.54, 1.807) is 23.2 Å². The van der Waals surface area contributed by atoms with Crippen molar-refractivity contribution in [2.75, 3.05) is 11.9 Å². The van der Waals surface area contributed by atoms with E-state index in [-0.39, 0.29) is 17.5 Å². The van der Waals surface area contributed by atoms with Crippen LogP contribution in [0.4, 0.5) is 5.82 Å². The van der Waals surface area contributed by atoms with Crippen LogP contribution in [0, 0.1) is 5.92 Å². The molecule has 0 spiro atoms. The minimum atomic E-state index is -0.104. The Hall–Kier alpha value is -2.64. The topological polar surface area (TPSA) is 93.8 Å². The highest BCUT2D eigenvalue weighted by atomic mass is 16.2. The molecule has 140 valence electrons. The number of carbonyl (C=O) groups excluding carboxylic acids is 1. The van der Waals surface area contributed by atoms with Crippen molar-refractivity contribution in [3.63, 3.8) is 0 Å². The molecule has 0 saturated carbocycles. The van der Waals surface area contributed by atoms with Crippen molar-refractivity contribution in [3.05, 3.63) is 40.2 Å². The predicted octanol–water partition coefficient (Wildman–Crippen LogP) is 1.27. The highest BCUT2D eigenvalue weighted by Crippen LogP contribution is 2.23. The van der Waals surface area contributed by atoms with Crippen LogP contribution in [0.5, 0.6) is 0 Å². The van der Waals surface area contributed by atoms with Gasteiger partial charge in [-0.3, -0.25) is 14.3 Å². The molecule has 0 saturated heterocycles. The summed E-state index contributed by atoms with van der Waals surface area (Å²) in [6.07, 6.45) is 6.68. The Bertz CT molecular complexity index is 838. The number of hydrogen-bond acceptors (Lipinski definition) is 5. The highest BCUT2D eigenvalue weighted by molar-refractivity contribution is 5.95. The molecule has 1 atom stereocenters. The maximum Gasteiger partial charge on any atom is 0.293 e. The molecule has 8 heteroatoms. The Labute approximate surface area is 152 Å². The van der Waals surface area contributed by atoms with E-state index in [2.05, 4.69) is 20.7 Å². The number of anilines is 1. The summed E-state index contributed by atoms with van der Waals surface area (Å²) in [6.45, 7) is 7.85. The molecule has 8 nitrogen and oxygen atoms in total. The van der Waals surface area contributed by atoms with E-state index in [0.717, 1.165) is 25.1 Å². The monoisotopic (exact) mass is 358 g/mol. The minimum Gasteiger partial charge on any atom is -0.365 e. The zero-order valence-corrected chi connectivity index (χ0v) is 15.5. The van der Waals surface area contributed by atoms with Crippen LogP contribution in [0.1, 0.15) is 43.2 Å². The second kappa shape index (κ2) is 7.72. The van der Waals surface area contributed by atoms with Crippen molar-refractivity contribution < 1.29 is 4.79 Å². The number of fused-ring (bicyclic) bond motifs is 1. The molecular weight excluding hydrogens is 332 g/mol. The number of amides is 1. The van der Waals surface area contributed by atoms with Crippen LogP contribution in [0.2, 0.25) is 0 Å². The van der Waals surface area contributed by atoms with E-state index >= 15 is 0 Å². The maximum absolute atomic E-state index is 12.4. The number of rotatable bonds is 6. The first-order chi connectivity index (χ1) is 12.5. The first kappa shape index (κ1) is 18.2. The second-order valence-electron chi connectivity index (χ2n) is 6.96. The summed E-state index contributed by atoms with van der Waals surface area (Å²) >= 11 is 0. The van der Waals surface area contributed by atoms with Crippen LogP contribution in [0.15, 0.2) is 23.4 Å². The van der Waals surface area contributed by atoms with Gasteiger partial charge in [-0.15, -0.1) is 0 Å². The molecular formula is C18H26N6O2. The number of aromatic nitrogens is 4. The van der Waals surface area contributed by atoms with Gasteiger partial charge in [-0.05, 0) is 39.5 Å². The molecule has 2 aromatic heterocycles. The summed E-state index contributed by atoms with van der Waals surface area (Å²) in [4.78, 5) is 28.8. The van der Waals surface area contributed by atoms with Gasteiger partial charge in [-0.2, -0.15) is 5.10 Å². The van der Waals surface area contributed by atoms with Gasteiger partial charge in [-0.25, -0.2) is 4.98 Å². The van der Waals surface area contributed by atoms with Crippen molar-refractivity contribution in [3.8, 4) is 0 Å². The van der Waals surface area contributed by atoms with E-state index < -0.39 is 0 Å². The Morgan fingerprint density at radius 1 is 1.42 bits per heavy atom. The Morgan fingerprint density at radius 2 is 2.23 bits per heavy atom. The van der Waals surface area contributed by atoms with Gasteiger partial charge < -0.3 is 15.2 Å². The lowest BCUT2D eigenvalue weighted by atomic mass is 9.94. The summed E-state index contributed by atoms with van der Waals surface area (Å²) < 4.78 is 3.54. The van der Waals surface area contributed by atoms with Gasteiger partial charge in [0, 0.05) is 38.1 Å². The lowest BCUT2D eigenvalue weighted by Gasteiger charge is -2.24. The lowest BCUT2D eigenvalue weighted by molar-refractivity contribution is 0.0941. The van der Waals surface area contributed by atoms with Crippen molar-refractivity contribution >= 4 is 11.7 Å². The number of aryl methyl sites for hydroxylation is 2. The second-order valence-corrected chi connectivity index (χ2v) is 6.96. The molecule has 3 heterocycles. The third kappa shape index (κ3) is 3.79. The van der Waals surface area contributed by atoms with Crippen LogP contribution >= 0.6 is 0 Å². The molecule has 1 aliphatic heterocycles. The van der Waals surface area contributed by atoms with Crippen LogP contribution in [-0.2, 0) is 19.5 Å². The molecule has 0 aromatic carbocycles. The molecule has 1 aliphatic rings. The molecule has 0 unspecified atom stereocenters. The molecule has 26 heavy (non-hydrogen) atoms. The van der Waals surface area contributed by atoms with Crippen molar-refractivity contribution in [2.45, 2.75) is 52.7 Å². The summed E-state index contributed by atoms with van der Waals surface area (Å²) in [7, 11) is 0. The maximum atomic E-state index is 12.4. The zero-order chi connectivity index (χ0) is 18.7. The fourth-order valence-electron chi connectivity index (χ4n) is 3.26. The Balaban J connectivity index is 1.68. The van der Waals surface area contributed by atoms with Crippen molar-refractivity contribution in [2.24, 2.45) is 5.92 Å². The van der Waals surface area contributed by atoms with E-state index in [9.17, 15) is 9.59 Å². The average Bonchev–Trinajstić information content (AvgIpc) is 3.03. The molecule has 3 rings (SSSR count). The Kier molecular flexibility index (Phi) is 5.39. The smallest absolute Gasteiger partial charge is 0.293 e. The van der Waals surface area contributed by atoms with Crippen LogP contribution in [0.25, 0.3) is 0 Å². The van der Waals surface area contributed by atoms with Crippen molar-refractivity contribution in [1.29, 1.82) is 0 Å². The van der Waals surface area contributed by atoms with Gasteiger partial charge >= 0.3 is 0 Å². The normalized spacial score (nSPS) is 16.4. The van der Waals surface area contributed by atoms with Gasteiger partial charge in [0.2, 0.25) is 0 Å². The predicted molar refractivity (Wildman–Crippen MR) is 99.3 cm³/mol. The molecule has 1 amide bonds. The van der Waals surface area contributed by atoms with Crippen LogP contribution in [0.3, 0.4) is 0 Å². The quantitative estimate of drug-likeness (QED) is 0.811. The highest BCUT2D eigenvalue weighted by Gasteiger charge is 2.25. The largest absolute Gasteiger partial charge is 0.365 e. The molecule has 2 N–H and O–H groups in total. The summed E-state index contributed by atoms with van der Waals surface area (Å²) in [5.74, 6) is 0.623. The van der Waals surface area contributed by atoms with Gasteiger partial charge in [-0.1, -0.05) is 0 Å². The average molecular weight is 358 g/mol. The minimum absolute atomic E-state index is 0.0783. The zero-order valence-electron chi connectivity index (χ0n) is 15.5. The van der Waals surface area contributed by atoms with E-state index in [4.69, 9.17) is 0 Å². The van der Waals surface area contributed by atoms with E-state index in [1.807, 2.05) is 25.5 Å². The van der Waals surface area contributed by atoms with Crippen LogP contribution in [-0.4, -0.2) is 37.8 Å².